The topological polar surface area (TPSA) is 63.8 Å². The van der Waals surface area contributed by atoms with E-state index in [1.807, 2.05) is 71.4 Å². The van der Waals surface area contributed by atoms with Crippen molar-refractivity contribution >= 4 is 22.3 Å². The molecule has 0 radical (unpaired) electrons. The molecule has 0 unspecified atom stereocenters. The zero-order valence-corrected chi connectivity index (χ0v) is 13.9. The van der Waals surface area contributed by atoms with E-state index in [0.717, 1.165) is 32.6 Å². The normalized spacial score (nSPS) is 10.9. The molecular weight excluding hydrogens is 336 g/mol. The number of aliphatic carboxylic acids is 1. The molecule has 0 spiro atoms. The smallest absolute Gasteiger partial charge is 0.308 e. The number of ether oxygens (including phenoxy) is 1. The number of carbonyl (C=O) groups is 1. The highest BCUT2D eigenvalue weighted by Crippen LogP contribution is 2.27. The maximum absolute atomic E-state index is 10.8. The van der Waals surface area contributed by atoms with Crippen molar-refractivity contribution in [2.24, 2.45) is 0 Å². The average Bonchev–Trinajstić information content (AvgIpc) is 3.14. The SMILES string of the molecule is O=C(O)Cc1cn2cc(-c3ccc(Oc4ccccc4)cc3)nc2s1. The molecule has 2 aromatic heterocycles. The van der Waals surface area contributed by atoms with Crippen LogP contribution in [0.25, 0.3) is 16.2 Å². The van der Waals surface area contributed by atoms with Crippen LogP contribution in [0, 0.1) is 0 Å². The van der Waals surface area contributed by atoms with Crippen LogP contribution in [0.15, 0.2) is 67.0 Å². The first-order valence-corrected chi connectivity index (χ1v) is 8.51. The van der Waals surface area contributed by atoms with E-state index in [4.69, 9.17) is 9.84 Å². The Morgan fingerprint density at radius 2 is 1.76 bits per heavy atom. The summed E-state index contributed by atoms with van der Waals surface area (Å²) in [6, 6.07) is 17.4. The highest BCUT2D eigenvalue weighted by Gasteiger charge is 2.10. The highest BCUT2D eigenvalue weighted by molar-refractivity contribution is 7.17. The highest BCUT2D eigenvalue weighted by atomic mass is 32.1. The van der Waals surface area contributed by atoms with Gasteiger partial charge in [0.1, 0.15) is 11.5 Å². The molecule has 0 fully saturated rings. The van der Waals surface area contributed by atoms with Crippen LogP contribution in [0.4, 0.5) is 0 Å². The molecule has 5 nitrogen and oxygen atoms in total. The van der Waals surface area contributed by atoms with Crippen LogP contribution in [-0.4, -0.2) is 20.5 Å². The van der Waals surface area contributed by atoms with Gasteiger partial charge >= 0.3 is 5.97 Å². The fraction of sp³-hybridized carbons (Fsp3) is 0.0526. The lowest BCUT2D eigenvalue weighted by molar-refractivity contribution is -0.136. The van der Waals surface area contributed by atoms with Crippen molar-refractivity contribution in [3.05, 3.63) is 71.9 Å². The van der Waals surface area contributed by atoms with Crippen molar-refractivity contribution in [2.75, 3.05) is 0 Å². The van der Waals surface area contributed by atoms with E-state index in [9.17, 15) is 4.79 Å². The molecule has 4 aromatic rings. The summed E-state index contributed by atoms with van der Waals surface area (Å²) in [7, 11) is 0. The van der Waals surface area contributed by atoms with Gasteiger partial charge in [0.15, 0.2) is 4.96 Å². The molecule has 2 heterocycles. The zero-order valence-electron chi connectivity index (χ0n) is 13.1. The first kappa shape index (κ1) is 15.4. The molecule has 25 heavy (non-hydrogen) atoms. The largest absolute Gasteiger partial charge is 0.481 e. The number of fused-ring (bicyclic) bond motifs is 1. The summed E-state index contributed by atoms with van der Waals surface area (Å²) in [5, 5.41) is 8.86. The second-order valence-corrected chi connectivity index (χ2v) is 6.62. The quantitative estimate of drug-likeness (QED) is 0.576. The summed E-state index contributed by atoms with van der Waals surface area (Å²) in [5.74, 6) is 0.724. The number of nitrogens with zero attached hydrogens (tertiary/aromatic N) is 2. The Labute approximate surface area is 147 Å². The molecule has 124 valence electrons. The first-order valence-electron chi connectivity index (χ1n) is 7.70. The molecule has 0 bridgehead atoms. The fourth-order valence-corrected chi connectivity index (χ4v) is 3.48. The van der Waals surface area contributed by atoms with Gasteiger partial charge in [-0.1, -0.05) is 18.2 Å². The van der Waals surface area contributed by atoms with Gasteiger partial charge in [0.25, 0.3) is 0 Å². The molecule has 2 aromatic carbocycles. The Kier molecular flexibility index (Phi) is 3.95. The van der Waals surface area contributed by atoms with Crippen molar-refractivity contribution < 1.29 is 14.6 Å². The summed E-state index contributed by atoms with van der Waals surface area (Å²) in [6.07, 6.45) is 3.75. The number of rotatable bonds is 5. The molecule has 0 aliphatic carbocycles. The molecule has 0 atom stereocenters. The summed E-state index contributed by atoms with van der Waals surface area (Å²) in [5.41, 5.74) is 1.83. The van der Waals surface area contributed by atoms with Crippen molar-refractivity contribution in [3.63, 3.8) is 0 Å². The van der Waals surface area contributed by atoms with Crippen LogP contribution in [0.1, 0.15) is 4.88 Å². The number of hydrogen-bond donors (Lipinski definition) is 1. The molecule has 0 aliphatic heterocycles. The minimum atomic E-state index is -0.835. The predicted molar refractivity (Wildman–Crippen MR) is 96.4 cm³/mol. The minimum absolute atomic E-state index is 0.0227. The molecule has 0 saturated carbocycles. The lowest BCUT2D eigenvalue weighted by Crippen LogP contribution is -1.97. The fourth-order valence-electron chi connectivity index (χ4n) is 2.53. The van der Waals surface area contributed by atoms with Crippen LogP contribution in [0.5, 0.6) is 11.5 Å². The van der Waals surface area contributed by atoms with E-state index in [0.29, 0.717) is 0 Å². The van der Waals surface area contributed by atoms with E-state index in [-0.39, 0.29) is 6.42 Å². The van der Waals surface area contributed by atoms with Gasteiger partial charge < -0.3 is 9.84 Å². The number of benzene rings is 2. The third-order valence-corrected chi connectivity index (χ3v) is 4.65. The Morgan fingerprint density at radius 1 is 1.04 bits per heavy atom. The van der Waals surface area contributed by atoms with Gasteiger partial charge in [-0.2, -0.15) is 0 Å². The molecule has 6 heteroatoms. The van der Waals surface area contributed by atoms with Gasteiger partial charge in [-0.25, -0.2) is 4.98 Å². The Balaban J connectivity index is 1.54. The van der Waals surface area contributed by atoms with E-state index in [1.165, 1.54) is 11.3 Å². The zero-order chi connectivity index (χ0) is 17.2. The van der Waals surface area contributed by atoms with E-state index in [1.54, 1.807) is 0 Å². The number of para-hydroxylation sites is 1. The van der Waals surface area contributed by atoms with Gasteiger partial charge in [0, 0.05) is 22.8 Å². The van der Waals surface area contributed by atoms with Crippen molar-refractivity contribution in [1.82, 2.24) is 9.38 Å². The van der Waals surface area contributed by atoms with Crippen molar-refractivity contribution in [2.45, 2.75) is 6.42 Å². The number of hydrogen-bond acceptors (Lipinski definition) is 4. The van der Waals surface area contributed by atoms with Crippen molar-refractivity contribution in [3.8, 4) is 22.8 Å². The monoisotopic (exact) mass is 350 g/mol. The summed E-state index contributed by atoms with van der Waals surface area (Å²) in [6.45, 7) is 0. The third kappa shape index (κ3) is 3.39. The second kappa shape index (κ2) is 6.41. The number of aromatic nitrogens is 2. The van der Waals surface area contributed by atoms with Crippen LogP contribution in [0.2, 0.25) is 0 Å². The lowest BCUT2D eigenvalue weighted by Gasteiger charge is -2.05. The molecule has 0 saturated heterocycles. The first-order chi connectivity index (χ1) is 12.2. The van der Waals surface area contributed by atoms with Gasteiger partial charge in [-0.3, -0.25) is 9.20 Å². The summed E-state index contributed by atoms with van der Waals surface area (Å²) < 4.78 is 7.65. The molecule has 0 aliphatic rings. The molecule has 0 amide bonds. The lowest BCUT2D eigenvalue weighted by atomic mass is 10.1. The van der Waals surface area contributed by atoms with Gasteiger partial charge in [-0.05, 0) is 36.4 Å². The molecule has 1 N–H and O–H groups in total. The average molecular weight is 350 g/mol. The standard InChI is InChI=1S/C19H14N2O3S/c22-18(23)10-16-11-21-12-17(20-19(21)25-16)13-6-8-15(9-7-13)24-14-4-2-1-3-5-14/h1-9,11-12H,10H2,(H,22,23). The minimum Gasteiger partial charge on any atom is -0.481 e. The summed E-state index contributed by atoms with van der Waals surface area (Å²) in [4.78, 5) is 16.9. The van der Waals surface area contributed by atoms with E-state index in [2.05, 4.69) is 4.98 Å². The van der Waals surface area contributed by atoms with Crippen LogP contribution in [0.3, 0.4) is 0 Å². The number of thiazole rings is 1. The maximum atomic E-state index is 10.8. The summed E-state index contributed by atoms with van der Waals surface area (Å²) >= 11 is 1.39. The van der Waals surface area contributed by atoms with Crippen LogP contribution in [-0.2, 0) is 11.2 Å². The van der Waals surface area contributed by atoms with Crippen molar-refractivity contribution in [1.29, 1.82) is 0 Å². The maximum Gasteiger partial charge on any atom is 0.308 e. The van der Waals surface area contributed by atoms with Crippen LogP contribution >= 0.6 is 11.3 Å². The predicted octanol–water partition coefficient (Wildman–Crippen LogP) is 4.48. The Bertz CT molecular complexity index is 988. The Morgan fingerprint density at radius 3 is 2.44 bits per heavy atom. The third-order valence-electron chi connectivity index (χ3n) is 3.66. The van der Waals surface area contributed by atoms with Crippen LogP contribution < -0.4 is 4.74 Å². The molecular formula is C19H14N2O3S. The van der Waals surface area contributed by atoms with E-state index < -0.39 is 5.97 Å². The number of carboxylic acids is 1. The van der Waals surface area contributed by atoms with Gasteiger partial charge in [-0.15, -0.1) is 11.3 Å². The van der Waals surface area contributed by atoms with Gasteiger partial charge in [0.2, 0.25) is 0 Å². The number of imidazole rings is 1. The van der Waals surface area contributed by atoms with Gasteiger partial charge in [0.05, 0.1) is 12.1 Å². The second-order valence-electron chi connectivity index (χ2n) is 5.52. The Hall–Kier alpha value is -3.12. The number of carboxylic acid groups (broad SMARTS) is 1. The van der Waals surface area contributed by atoms with E-state index >= 15 is 0 Å². The molecule has 4 rings (SSSR count).